The minimum absolute atomic E-state index is 0.178. The third kappa shape index (κ3) is 4.50. The van der Waals surface area contributed by atoms with Crippen molar-refractivity contribution in [3.8, 4) is 28.6 Å². The second-order valence-corrected chi connectivity index (χ2v) is 7.02. The van der Waals surface area contributed by atoms with Crippen molar-refractivity contribution >= 4 is 23.2 Å². The smallest absolute Gasteiger partial charge is 0.262 e. The van der Waals surface area contributed by atoms with E-state index in [1.54, 1.807) is 36.4 Å². The van der Waals surface area contributed by atoms with Gasteiger partial charge in [0.25, 0.3) is 11.8 Å². The Hall–Kier alpha value is -3.64. The molecule has 0 unspecified atom stereocenters. The van der Waals surface area contributed by atoms with Crippen LogP contribution in [0.25, 0.3) is 22.8 Å². The summed E-state index contributed by atoms with van der Waals surface area (Å²) >= 11 is 5.94. The van der Waals surface area contributed by atoms with Crippen molar-refractivity contribution in [1.82, 2.24) is 10.1 Å². The summed E-state index contributed by atoms with van der Waals surface area (Å²) in [7, 11) is 0. The van der Waals surface area contributed by atoms with Gasteiger partial charge in [0.05, 0.1) is 5.56 Å². The van der Waals surface area contributed by atoms with Crippen LogP contribution < -0.4 is 10.1 Å². The molecule has 0 radical (unpaired) electrons. The van der Waals surface area contributed by atoms with Crippen LogP contribution in [0.3, 0.4) is 0 Å². The van der Waals surface area contributed by atoms with Gasteiger partial charge in [0, 0.05) is 16.3 Å². The van der Waals surface area contributed by atoms with Crippen LogP contribution in [0.1, 0.15) is 5.56 Å². The van der Waals surface area contributed by atoms with Crippen LogP contribution in [-0.4, -0.2) is 22.7 Å². The Morgan fingerprint density at radius 2 is 1.80 bits per heavy atom. The van der Waals surface area contributed by atoms with Gasteiger partial charge in [0.15, 0.2) is 6.61 Å². The Kier molecular flexibility index (Phi) is 5.77. The number of hydrogen-bond donors (Lipinski definition) is 1. The highest BCUT2D eigenvalue weighted by atomic mass is 35.5. The zero-order chi connectivity index (χ0) is 20.9. The number of benzene rings is 3. The van der Waals surface area contributed by atoms with Crippen molar-refractivity contribution in [1.29, 1.82) is 0 Å². The maximum absolute atomic E-state index is 12.2. The first-order valence-corrected chi connectivity index (χ1v) is 9.65. The monoisotopic (exact) mass is 419 g/mol. The molecule has 1 N–H and O–H groups in total. The summed E-state index contributed by atoms with van der Waals surface area (Å²) in [5, 5.41) is 7.38. The van der Waals surface area contributed by atoms with E-state index in [1.165, 1.54) is 0 Å². The molecule has 0 fully saturated rings. The van der Waals surface area contributed by atoms with Crippen LogP contribution in [0.2, 0.25) is 5.02 Å². The average molecular weight is 420 g/mol. The number of aryl methyl sites for hydroxylation is 1. The number of carbonyl (C=O) groups is 1. The molecule has 150 valence electrons. The summed E-state index contributed by atoms with van der Waals surface area (Å²) in [5.74, 6) is 0.979. The van der Waals surface area contributed by atoms with E-state index < -0.39 is 0 Å². The number of nitrogens with zero attached hydrogens (tertiary/aromatic N) is 2. The van der Waals surface area contributed by atoms with E-state index in [-0.39, 0.29) is 12.5 Å². The largest absolute Gasteiger partial charge is 0.483 e. The number of aromatic nitrogens is 2. The summed E-state index contributed by atoms with van der Waals surface area (Å²) in [5.41, 5.74) is 3.16. The fourth-order valence-corrected chi connectivity index (χ4v) is 3.13. The minimum atomic E-state index is -0.307. The first-order chi connectivity index (χ1) is 14.6. The second-order valence-electron chi connectivity index (χ2n) is 6.58. The van der Waals surface area contributed by atoms with Gasteiger partial charge in [-0.1, -0.05) is 59.2 Å². The van der Waals surface area contributed by atoms with E-state index in [2.05, 4.69) is 15.5 Å². The molecule has 4 aromatic rings. The average Bonchev–Trinajstić information content (AvgIpc) is 3.23. The van der Waals surface area contributed by atoms with Crippen molar-refractivity contribution in [2.45, 2.75) is 6.92 Å². The van der Waals surface area contributed by atoms with Gasteiger partial charge in [-0.05, 0) is 42.8 Å². The number of halogens is 1. The molecule has 0 spiro atoms. The topological polar surface area (TPSA) is 77.2 Å². The molecule has 0 saturated heterocycles. The summed E-state index contributed by atoms with van der Waals surface area (Å²) < 4.78 is 11.2. The molecule has 0 aliphatic rings. The molecule has 0 bridgehead atoms. The lowest BCUT2D eigenvalue weighted by molar-refractivity contribution is -0.118. The highest BCUT2D eigenvalue weighted by Gasteiger charge is 2.16. The highest BCUT2D eigenvalue weighted by molar-refractivity contribution is 6.30. The van der Waals surface area contributed by atoms with E-state index in [1.807, 2.05) is 43.3 Å². The molecule has 3 aromatic carbocycles. The lowest BCUT2D eigenvalue weighted by atomic mass is 10.1. The number of nitrogens with one attached hydrogen (secondary N) is 1. The van der Waals surface area contributed by atoms with Gasteiger partial charge in [-0.3, -0.25) is 4.79 Å². The molecule has 0 atom stereocenters. The van der Waals surface area contributed by atoms with Crippen LogP contribution in [0.15, 0.2) is 77.3 Å². The van der Waals surface area contributed by atoms with E-state index >= 15 is 0 Å². The molecular formula is C23H18ClN3O3. The number of hydrogen-bond acceptors (Lipinski definition) is 5. The molecule has 0 saturated carbocycles. The molecule has 30 heavy (non-hydrogen) atoms. The lowest BCUT2D eigenvalue weighted by Gasteiger charge is -2.10. The van der Waals surface area contributed by atoms with Crippen molar-refractivity contribution in [3.05, 3.63) is 83.4 Å². The Labute approximate surface area is 178 Å². The normalized spacial score (nSPS) is 10.6. The van der Waals surface area contributed by atoms with Crippen molar-refractivity contribution in [3.63, 3.8) is 0 Å². The van der Waals surface area contributed by atoms with Crippen LogP contribution in [0.4, 0.5) is 5.69 Å². The molecule has 4 rings (SSSR count). The van der Waals surface area contributed by atoms with Crippen molar-refractivity contribution < 1.29 is 14.1 Å². The van der Waals surface area contributed by atoms with Gasteiger partial charge in [0.2, 0.25) is 5.82 Å². The van der Waals surface area contributed by atoms with Crippen LogP contribution in [0.5, 0.6) is 5.75 Å². The number of carbonyl (C=O) groups excluding carboxylic acids is 1. The van der Waals surface area contributed by atoms with Gasteiger partial charge in [-0.2, -0.15) is 4.98 Å². The van der Waals surface area contributed by atoms with Crippen LogP contribution in [-0.2, 0) is 4.79 Å². The first-order valence-electron chi connectivity index (χ1n) is 9.27. The summed E-state index contributed by atoms with van der Waals surface area (Å²) in [6, 6.07) is 21.9. The summed E-state index contributed by atoms with van der Waals surface area (Å²) in [6.45, 7) is 1.81. The van der Waals surface area contributed by atoms with Crippen molar-refractivity contribution in [2.75, 3.05) is 11.9 Å². The van der Waals surface area contributed by atoms with E-state index in [0.717, 1.165) is 11.1 Å². The third-order valence-electron chi connectivity index (χ3n) is 4.40. The SMILES string of the molecule is Cc1ccccc1-c1noc(-c2ccccc2OCC(=O)Nc2cccc(Cl)c2)n1. The zero-order valence-electron chi connectivity index (χ0n) is 16.1. The highest BCUT2D eigenvalue weighted by Crippen LogP contribution is 2.30. The second kappa shape index (κ2) is 8.80. The molecule has 0 aliphatic heterocycles. The third-order valence-corrected chi connectivity index (χ3v) is 4.63. The van der Waals surface area contributed by atoms with E-state index in [0.29, 0.717) is 33.7 Å². The summed E-state index contributed by atoms with van der Waals surface area (Å²) in [4.78, 5) is 16.7. The van der Waals surface area contributed by atoms with Gasteiger partial charge >= 0.3 is 0 Å². The Morgan fingerprint density at radius 3 is 2.60 bits per heavy atom. The molecule has 1 amide bonds. The van der Waals surface area contributed by atoms with Gasteiger partial charge in [-0.15, -0.1) is 0 Å². The lowest BCUT2D eigenvalue weighted by Crippen LogP contribution is -2.20. The standard InChI is InChI=1S/C23H18ClN3O3/c1-15-7-2-3-10-18(15)22-26-23(30-27-22)19-11-4-5-12-20(19)29-14-21(28)25-17-9-6-8-16(24)13-17/h2-13H,14H2,1H3,(H,25,28). The number of rotatable bonds is 6. The Morgan fingerprint density at radius 1 is 1.03 bits per heavy atom. The number of para-hydroxylation sites is 1. The van der Waals surface area contributed by atoms with E-state index in [4.69, 9.17) is 20.9 Å². The van der Waals surface area contributed by atoms with E-state index in [9.17, 15) is 4.79 Å². The number of anilines is 1. The molecule has 1 heterocycles. The van der Waals surface area contributed by atoms with Crippen LogP contribution in [0, 0.1) is 6.92 Å². The van der Waals surface area contributed by atoms with Crippen LogP contribution >= 0.6 is 11.6 Å². The summed E-state index contributed by atoms with van der Waals surface area (Å²) in [6.07, 6.45) is 0. The fourth-order valence-electron chi connectivity index (χ4n) is 2.94. The maximum Gasteiger partial charge on any atom is 0.262 e. The molecular weight excluding hydrogens is 402 g/mol. The molecule has 7 heteroatoms. The van der Waals surface area contributed by atoms with Gasteiger partial charge in [-0.25, -0.2) is 0 Å². The first kappa shape index (κ1) is 19.7. The Balaban J connectivity index is 1.49. The molecule has 0 aliphatic carbocycles. The molecule has 6 nitrogen and oxygen atoms in total. The zero-order valence-corrected chi connectivity index (χ0v) is 16.9. The quantitative estimate of drug-likeness (QED) is 0.453. The van der Waals surface area contributed by atoms with Gasteiger partial charge in [0.1, 0.15) is 5.75 Å². The maximum atomic E-state index is 12.2. The fraction of sp³-hybridized carbons (Fsp3) is 0.0870. The number of ether oxygens (including phenoxy) is 1. The predicted octanol–water partition coefficient (Wildman–Crippen LogP) is 5.38. The Bertz CT molecular complexity index is 1190. The van der Waals surface area contributed by atoms with Crippen molar-refractivity contribution in [2.24, 2.45) is 0 Å². The number of amides is 1. The van der Waals surface area contributed by atoms with Gasteiger partial charge < -0.3 is 14.6 Å². The molecule has 1 aromatic heterocycles. The minimum Gasteiger partial charge on any atom is -0.483 e. The predicted molar refractivity (Wildman–Crippen MR) is 115 cm³/mol.